The highest BCUT2D eigenvalue weighted by Gasteiger charge is 2.32. The van der Waals surface area contributed by atoms with Crippen molar-refractivity contribution < 1.29 is 9.53 Å². The first-order valence-electron chi connectivity index (χ1n) is 5.65. The van der Waals surface area contributed by atoms with Crippen molar-refractivity contribution in [3.8, 4) is 0 Å². The summed E-state index contributed by atoms with van der Waals surface area (Å²) in [6.45, 7) is 5.29. The van der Waals surface area contributed by atoms with Gasteiger partial charge in [-0.25, -0.2) is 0 Å². The lowest BCUT2D eigenvalue weighted by Crippen LogP contribution is -2.51. The molecular formula is C13H17NO2. The van der Waals surface area contributed by atoms with Gasteiger partial charge < -0.3 is 4.74 Å². The summed E-state index contributed by atoms with van der Waals surface area (Å²) in [5.41, 5.74) is 1.23. The summed E-state index contributed by atoms with van der Waals surface area (Å²) in [5.74, 6) is -0.117. The molecule has 3 nitrogen and oxygen atoms in total. The molecule has 0 amide bonds. The quantitative estimate of drug-likeness (QED) is 0.711. The van der Waals surface area contributed by atoms with E-state index in [4.69, 9.17) is 4.74 Å². The van der Waals surface area contributed by atoms with Crippen LogP contribution in [-0.2, 0) is 16.1 Å². The molecule has 0 N–H and O–H groups in total. The zero-order valence-electron chi connectivity index (χ0n) is 9.72. The van der Waals surface area contributed by atoms with Crippen molar-refractivity contribution in [3.05, 3.63) is 35.9 Å². The maximum Gasteiger partial charge on any atom is 0.323 e. The second-order valence-corrected chi connectivity index (χ2v) is 4.31. The molecule has 1 aliphatic heterocycles. The zero-order valence-corrected chi connectivity index (χ0v) is 9.72. The second-order valence-electron chi connectivity index (χ2n) is 4.31. The highest BCUT2D eigenvalue weighted by molar-refractivity contribution is 5.76. The van der Waals surface area contributed by atoms with Gasteiger partial charge in [-0.3, -0.25) is 9.69 Å². The maximum atomic E-state index is 11.5. The van der Waals surface area contributed by atoms with Crippen molar-refractivity contribution >= 4 is 5.97 Å². The Morgan fingerprint density at radius 1 is 1.31 bits per heavy atom. The molecule has 1 saturated heterocycles. The van der Waals surface area contributed by atoms with Gasteiger partial charge >= 0.3 is 5.97 Å². The summed E-state index contributed by atoms with van der Waals surface area (Å²) < 4.78 is 5.09. The topological polar surface area (TPSA) is 29.5 Å². The van der Waals surface area contributed by atoms with Gasteiger partial charge in [-0.05, 0) is 19.4 Å². The molecule has 2 atom stereocenters. The molecule has 3 heteroatoms. The molecule has 0 spiro atoms. The minimum absolute atomic E-state index is 0.117. The number of morpholine rings is 1. The zero-order chi connectivity index (χ0) is 11.5. The van der Waals surface area contributed by atoms with E-state index in [2.05, 4.69) is 24.0 Å². The van der Waals surface area contributed by atoms with Crippen molar-refractivity contribution in [1.29, 1.82) is 0 Å². The van der Waals surface area contributed by atoms with Crippen molar-refractivity contribution in [1.82, 2.24) is 4.90 Å². The van der Waals surface area contributed by atoms with E-state index in [0.29, 0.717) is 6.61 Å². The van der Waals surface area contributed by atoms with Crippen LogP contribution in [0, 0.1) is 0 Å². The first-order valence-corrected chi connectivity index (χ1v) is 5.65. The molecule has 0 radical (unpaired) electrons. The molecule has 1 aromatic rings. The summed E-state index contributed by atoms with van der Waals surface area (Å²) in [7, 11) is 0. The van der Waals surface area contributed by atoms with Gasteiger partial charge in [0.2, 0.25) is 0 Å². The summed E-state index contributed by atoms with van der Waals surface area (Å²) >= 11 is 0. The fourth-order valence-electron chi connectivity index (χ4n) is 2.02. The largest absolute Gasteiger partial charge is 0.463 e. The van der Waals surface area contributed by atoms with Gasteiger partial charge in [0, 0.05) is 12.6 Å². The predicted molar refractivity (Wildman–Crippen MR) is 61.9 cm³/mol. The number of carbonyl (C=O) groups excluding carboxylic acids is 1. The molecule has 1 unspecified atom stereocenters. The van der Waals surface area contributed by atoms with Gasteiger partial charge in [0.25, 0.3) is 0 Å². The third-order valence-electron chi connectivity index (χ3n) is 3.08. The lowest BCUT2D eigenvalue weighted by molar-refractivity contribution is -0.161. The number of rotatable bonds is 2. The number of hydrogen-bond acceptors (Lipinski definition) is 3. The Labute approximate surface area is 96.0 Å². The van der Waals surface area contributed by atoms with Crippen LogP contribution < -0.4 is 0 Å². The van der Waals surface area contributed by atoms with Crippen LogP contribution in [0.1, 0.15) is 19.4 Å². The van der Waals surface area contributed by atoms with Gasteiger partial charge in [0.15, 0.2) is 0 Å². The van der Waals surface area contributed by atoms with E-state index in [1.54, 1.807) is 0 Å². The molecule has 0 saturated carbocycles. The van der Waals surface area contributed by atoms with Crippen LogP contribution in [0.5, 0.6) is 0 Å². The smallest absolute Gasteiger partial charge is 0.323 e. The fraction of sp³-hybridized carbons (Fsp3) is 0.462. The first kappa shape index (κ1) is 11.1. The normalized spacial score (nSPS) is 26.5. The lowest BCUT2D eigenvalue weighted by atomic mass is 10.1. The molecule has 86 valence electrons. The van der Waals surface area contributed by atoms with E-state index in [-0.39, 0.29) is 18.1 Å². The van der Waals surface area contributed by atoms with Crippen molar-refractivity contribution in [2.45, 2.75) is 32.5 Å². The van der Waals surface area contributed by atoms with Crippen LogP contribution >= 0.6 is 0 Å². The van der Waals surface area contributed by atoms with Gasteiger partial charge in [-0.2, -0.15) is 0 Å². The van der Waals surface area contributed by atoms with E-state index in [1.165, 1.54) is 5.56 Å². The molecule has 0 bridgehead atoms. The molecule has 1 aromatic carbocycles. The van der Waals surface area contributed by atoms with E-state index >= 15 is 0 Å². The molecule has 16 heavy (non-hydrogen) atoms. The SMILES string of the molecule is CC1C(=O)OC[C@@H](C)N1Cc1ccccc1. The number of hydrogen-bond donors (Lipinski definition) is 0. The molecule has 0 aliphatic carbocycles. The van der Waals surface area contributed by atoms with Crippen molar-refractivity contribution in [2.75, 3.05) is 6.61 Å². The van der Waals surface area contributed by atoms with Gasteiger partial charge in [-0.1, -0.05) is 30.3 Å². The van der Waals surface area contributed by atoms with Crippen molar-refractivity contribution in [2.24, 2.45) is 0 Å². The summed E-state index contributed by atoms with van der Waals surface area (Å²) in [6.07, 6.45) is 0. The summed E-state index contributed by atoms with van der Waals surface area (Å²) in [4.78, 5) is 13.7. The number of benzene rings is 1. The molecule has 1 heterocycles. The van der Waals surface area contributed by atoms with Crippen LogP contribution in [0.4, 0.5) is 0 Å². The number of ether oxygens (including phenoxy) is 1. The highest BCUT2D eigenvalue weighted by Crippen LogP contribution is 2.17. The standard InChI is InChI=1S/C13H17NO2/c1-10-9-16-13(15)11(2)14(10)8-12-6-4-3-5-7-12/h3-7,10-11H,8-9H2,1-2H3/t10-,11?/m1/s1. The number of cyclic esters (lactones) is 1. The minimum Gasteiger partial charge on any atom is -0.463 e. The average molecular weight is 219 g/mol. The molecule has 1 aliphatic rings. The van der Waals surface area contributed by atoms with Crippen LogP contribution in [-0.4, -0.2) is 29.6 Å². The third-order valence-corrected chi connectivity index (χ3v) is 3.08. The Bertz CT molecular complexity index is 363. The Morgan fingerprint density at radius 3 is 2.69 bits per heavy atom. The third kappa shape index (κ3) is 2.25. The summed E-state index contributed by atoms with van der Waals surface area (Å²) in [6, 6.07) is 10.3. The van der Waals surface area contributed by atoms with Crippen LogP contribution in [0.2, 0.25) is 0 Å². The lowest BCUT2D eigenvalue weighted by Gasteiger charge is -2.37. The first-order chi connectivity index (χ1) is 7.68. The Kier molecular flexibility index (Phi) is 3.25. The van der Waals surface area contributed by atoms with Crippen LogP contribution in [0.15, 0.2) is 30.3 Å². The van der Waals surface area contributed by atoms with E-state index in [0.717, 1.165) is 6.54 Å². The Balaban J connectivity index is 2.10. The van der Waals surface area contributed by atoms with Crippen LogP contribution in [0.3, 0.4) is 0 Å². The average Bonchev–Trinajstić information content (AvgIpc) is 2.31. The van der Waals surface area contributed by atoms with Crippen LogP contribution in [0.25, 0.3) is 0 Å². The summed E-state index contributed by atoms with van der Waals surface area (Å²) in [5, 5.41) is 0. The van der Waals surface area contributed by atoms with Crippen molar-refractivity contribution in [3.63, 3.8) is 0 Å². The Morgan fingerprint density at radius 2 is 2.00 bits per heavy atom. The molecule has 1 fully saturated rings. The molecule has 2 rings (SSSR count). The van der Waals surface area contributed by atoms with E-state index < -0.39 is 0 Å². The molecular weight excluding hydrogens is 202 g/mol. The monoisotopic (exact) mass is 219 g/mol. The number of nitrogens with zero attached hydrogens (tertiary/aromatic N) is 1. The second kappa shape index (κ2) is 4.66. The Hall–Kier alpha value is -1.35. The van der Waals surface area contributed by atoms with E-state index in [1.807, 2.05) is 25.1 Å². The fourth-order valence-corrected chi connectivity index (χ4v) is 2.02. The molecule has 0 aromatic heterocycles. The van der Waals surface area contributed by atoms with Gasteiger partial charge in [0.1, 0.15) is 12.6 Å². The number of carbonyl (C=O) groups is 1. The van der Waals surface area contributed by atoms with E-state index in [9.17, 15) is 4.79 Å². The minimum atomic E-state index is -0.149. The maximum absolute atomic E-state index is 11.5. The highest BCUT2D eigenvalue weighted by atomic mass is 16.5. The van der Waals surface area contributed by atoms with Gasteiger partial charge in [-0.15, -0.1) is 0 Å². The number of esters is 1. The van der Waals surface area contributed by atoms with Gasteiger partial charge in [0.05, 0.1) is 0 Å². The predicted octanol–water partition coefficient (Wildman–Crippen LogP) is 1.82.